The lowest BCUT2D eigenvalue weighted by atomic mass is 10.1. The van der Waals surface area contributed by atoms with E-state index in [-0.39, 0.29) is 34.3 Å². The Morgan fingerprint density at radius 2 is 1.97 bits per heavy atom. The number of nitro groups is 2. The number of rotatable bonds is 7. The molecule has 12 heteroatoms. The second-order valence-corrected chi connectivity index (χ2v) is 6.74. The van der Waals surface area contributed by atoms with E-state index in [1.165, 1.54) is 37.5 Å². The van der Waals surface area contributed by atoms with Crippen LogP contribution in [0.25, 0.3) is 23.5 Å². The van der Waals surface area contributed by atoms with Crippen LogP contribution < -0.4 is 5.56 Å². The number of furan rings is 1. The maximum Gasteiger partial charge on any atom is 0.299 e. The van der Waals surface area contributed by atoms with Crippen molar-refractivity contribution in [3.63, 3.8) is 0 Å². The fraction of sp³-hybridized carbons (Fsp3) is 0.100. The first kappa shape index (κ1) is 22.4. The van der Waals surface area contributed by atoms with E-state index in [0.717, 1.165) is 0 Å². The number of aromatic nitrogens is 1. The van der Waals surface area contributed by atoms with E-state index in [1.807, 2.05) is 0 Å². The maximum atomic E-state index is 12.2. The molecule has 11 nitrogen and oxygen atoms in total. The standard InChI is InChI=1S/C20H13ClN4O7/c1-31-10-14-13(9-22)20(26)23-16(19(14)25(29)30)6-3-12-4-7-18(32-12)11-2-5-15(21)17(8-11)24(27)28/h2-8H,10H2,1H3,(H,23,26). The van der Waals surface area contributed by atoms with Gasteiger partial charge in [-0.25, -0.2) is 0 Å². The van der Waals surface area contributed by atoms with Crippen LogP contribution in [-0.2, 0) is 11.3 Å². The number of nitriles is 1. The second-order valence-electron chi connectivity index (χ2n) is 6.33. The van der Waals surface area contributed by atoms with Crippen molar-refractivity contribution in [1.82, 2.24) is 4.98 Å². The smallest absolute Gasteiger partial charge is 0.299 e. The Kier molecular flexibility index (Phi) is 6.48. The fourth-order valence-corrected chi connectivity index (χ4v) is 3.15. The van der Waals surface area contributed by atoms with E-state index in [0.29, 0.717) is 11.3 Å². The highest BCUT2D eigenvalue weighted by atomic mass is 35.5. The lowest BCUT2D eigenvalue weighted by Gasteiger charge is -2.06. The summed E-state index contributed by atoms with van der Waals surface area (Å²) in [5.41, 5.74) is -1.84. The molecule has 1 N–H and O–H groups in total. The third kappa shape index (κ3) is 4.41. The van der Waals surface area contributed by atoms with E-state index in [1.54, 1.807) is 18.2 Å². The zero-order valence-corrected chi connectivity index (χ0v) is 17.1. The van der Waals surface area contributed by atoms with Gasteiger partial charge in [0.25, 0.3) is 16.9 Å². The van der Waals surface area contributed by atoms with Gasteiger partial charge in [0, 0.05) is 18.7 Å². The average molecular weight is 457 g/mol. The van der Waals surface area contributed by atoms with Crippen molar-refractivity contribution in [2.75, 3.05) is 7.11 Å². The molecule has 0 saturated carbocycles. The molecule has 0 aliphatic heterocycles. The Labute approximate surface area is 184 Å². The molecule has 0 amide bonds. The number of H-pyrrole nitrogens is 1. The van der Waals surface area contributed by atoms with E-state index in [2.05, 4.69) is 4.98 Å². The number of nitro benzene ring substituents is 1. The van der Waals surface area contributed by atoms with Crippen molar-refractivity contribution in [1.29, 1.82) is 5.26 Å². The van der Waals surface area contributed by atoms with Crippen LogP contribution in [0.15, 0.2) is 39.5 Å². The minimum Gasteiger partial charge on any atom is -0.457 e. The van der Waals surface area contributed by atoms with Gasteiger partial charge < -0.3 is 14.1 Å². The van der Waals surface area contributed by atoms with Gasteiger partial charge in [0.2, 0.25) is 0 Å². The van der Waals surface area contributed by atoms with E-state index < -0.39 is 26.7 Å². The molecule has 162 valence electrons. The molecular weight excluding hydrogens is 444 g/mol. The molecule has 0 fully saturated rings. The van der Waals surface area contributed by atoms with Crippen LogP contribution in [0, 0.1) is 31.6 Å². The highest BCUT2D eigenvalue weighted by Gasteiger charge is 2.25. The molecule has 3 aromatic rings. The van der Waals surface area contributed by atoms with Crippen molar-refractivity contribution in [2.45, 2.75) is 6.61 Å². The minimum atomic E-state index is -0.793. The SMILES string of the molecule is COCc1c([N+](=O)[O-])c(C=Cc2ccc(-c3ccc(Cl)c([N+](=O)[O-])c3)o2)[nH]c(=O)c1C#N. The molecule has 2 heterocycles. The topological polar surface area (TPSA) is 165 Å². The quantitative estimate of drug-likeness (QED) is 0.405. The highest BCUT2D eigenvalue weighted by Crippen LogP contribution is 2.32. The third-order valence-electron chi connectivity index (χ3n) is 4.37. The van der Waals surface area contributed by atoms with Crippen LogP contribution in [0.3, 0.4) is 0 Å². The molecule has 1 aromatic carbocycles. The predicted molar refractivity (Wildman–Crippen MR) is 114 cm³/mol. The largest absolute Gasteiger partial charge is 0.457 e. The first-order chi connectivity index (χ1) is 15.3. The minimum absolute atomic E-state index is 0.0191. The monoisotopic (exact) mass is 456 g/mol. The number of hydrogen-bond acceptors (Lipinski definition) is 8. The molecule has 3 rings (SSSR count). The summed E-state index contributed by atoms with van der Waals surface area (Å²) in [4.78, 5) is 35.8. The van der Waals surface area contributed by atoms with E-state index >= 15 is 0 Å². The van der Waals surface area contributed by atoms with Gasteiger partial charge in [-0.1, -0.05) is 11.6 Å². The van der Waals surface area contributed by atoms with Crippen molar-refractivity contribution >= 4 is 35.1 Å². The summed E-state index contributed by atoms with van der Waals surface area (Å²) in [7, 11) is 1.28. The molecule has 0 radical (unpaired) electrons. The summed E-state index contributed by atoms with van der Waals surface area (Å²) >= 11 is 5.81. The number of nitrogens with zero attached hydrogens (tertiary/aromatic N) is 3. The molecule has 0 aliphatic rings. The van der Waals surface area contributed by atoms with Gasteiger partial charge >= 0.3 is 0 Å². The Balaban J connectivity index is 2.01. The summed E-state index contributed by atoms with van der Waals surface area (Å²) in [6.45, 7) is -0.301. The number of hydrogen-bond donors (Lipinski definition) is 1. The Hall–Kier alpha value is -4.27. The van der Waals surface area contributed by atoms with Crippen LogP contribution >= 0.6 is 11.6 Å². The number of pyridine rings is 1. The normalized spacial score (nSPS) is 10.9. The number of aromatic amines is 1. The van der Waals surface area contributed by atoms with Gasteiger partial charge in [0.1, 0.15) is 33.9 Å². The van der Waals surface area contributed by atoms with Gasteiger partial charge in [-0.15, -0.1) is 0 Å². The summed E-state index contributed by atoms with van der Waals surface area (Å²) in [5, 5.41) is 31.8. The molecule has 0 bridgehead atoms. The summed E-state index contributed by atoms with van der Waals surface area (Å²) in [6, 6.07) is 8.92. The average Bonchev–Trinajstić information content (AvgIpc) is 3.21. The molecule has 0 aliphatic carbocycles. The number of methoxy groups -OCH3 is 1. The van der Waals surface area contributed by atoms with E-state index in [4.69, 9.17) is 20.8 Å². The fourth-order valence-electron chi connectivity index (χ4n) is 2.96. The zero-order chi connectivity index (χ0) is 23.4. The third-order valence-corrected chi connectivity index (χ3v) is 4.69. The summed E-state index contributed by atoms with van der Waals surface area (Å²) in [5.74, 6) is 0.553. The van der Waals surface area contributed by atoms with Crippen LogP contribution in [-0.4, -0.2) is 21.9 Å². The summed E-state index contributed by atoms with van der Waals surface area (Å²) < 4.78 is 10.5. The molecule has 0 unspecified atom stereocenters. The Bertz CT molecular complexity index is 1350. The first-order valence-corrected chi connectivity index (χ1v) is 9.19. The van der Waals surface area contributed by atoms with E-state index in [9.17, 15) is 30.3 Å². The Morgan fingerprint density at radius 1 is 1.22 bits per heavy atom. The zero-order valence-electron chi connectivity index (χ0n) is 16.3. The highest BCUT2D eigenvalue weighted by molar-refractivity contribution is 6.32. The first-order valence-electron chi connectivity index (χ1n) is 8.81. The molecule has 2 aromatic heterocycles. The number of halogens is 1. The molecule has 0 saturated heterocycles. The van der Waals surface area contributed by atoms with Crippen LogP contribution in [0.4, 0.5) is 11.4 Å². The van der Waals surface area contributed by atoms with Gasteiger partial charge in [-0.2, -0.15) is 5.26 Å². The van der Waals surface area contributed by atoms with Crippen LogP contribution in [0.1, 0.15) is 22.6 Å². The van der Waals surface area contributed by atoms with Gasteiger partial charge in [0.15, 0.2) is 0 Å². The number of ether oxygens (including phenoxy) is 1. The van der Waals surface area contributed by atoms with Gasteiger partial charge in [-0.05, 0) is 36.4 Å². The molecule has 0 atom stereocenters. The second kappa shape index (κ2) is 9.25. The maximum absolute atomic E-state index is 12.2. The molecule has 0 spiro atoms. The molecular formula is C20H13ClN4O7. The Morgan fingerprint density at radius 3 is 2.59 bits per heavy atom. The van der Waals surface area contributed by atoms with Gasteiger partial charge in [-0.3, -0.25) is 25.0 Å². The lowest BCUT2D eigenvalue weighted by molar-refractivity contribution is -0.386. The van der Waals surface area contributed by atoms with Crippen molar-refractivity contribution in [3.05, 3.63) is 88.5 Å². The van der Waals surface area contributed by atoms with Crippen molar-refractivity contribution in [2.24, 2.45) is 0 Å². The van der Waals surface area contributed by atoms with Gasteiger partial charge in [0.05, 0.1) is 22.0 Å². The molecule has 32 heavy (non-hydrogen) atoms. The van der Waals surface area contributed by atoms with Crippen molar-refractivity contribution < 1.29 is 19.0 Å². The lowest BCUT2D eigenvalue weighted by Crippen LogP contribution is -2.18. The van der Waals surface area contributed by atoms with Crippen LogP contribution in [0.5, 0.6) is 0 Å². The van der Waals surface area contributed by atoms with Crippen molar-refractivity contribution in [3.8, 4) is 17.4 Å². The number of nitrogens with one attached hydrogen (secondary N) is 1. The predicted octanol–water partition coefficient (Wildman–Crippen LogP) is 4.29. The number of benzene rings is 1. The summed E-state index contributed by atoms with van der Waals surface area (Å²) in [6.07, 6.45) is 2.63. The van der Waals surface area contributed by atoms with Crippen LogP contribution in [0.2, 0.25) is 5.02 Å².